The monoisotopic (exact) mass is 378 g/mol. The summed E-state index contributed by atoms with van der Waals surface area (Å²) in [5, 5.41) is 20.6. The van der Waals surface area contributed by atoms with Crippen molar-refractivity contribution in [3.05, 3.63) is 59.8 Å². The standard InChI is InChI=1S/C23H26N2OS/c1-23(2,3)27-22-19-15-18(26)10-11-20(19)25(4)21(22)17(12-13-24)14-16-8-6-5-7-9-16/h5-11,15,17,26H,12,14H2,1-4H3. The highest BCUT2D eigenvalue weighted by Crippen LogP contribution is 2.45. The average Bonchev–Trinajstić information content (AvgIpc) is 2.85. The van der Waals surface area contributed by atoms with Crippen LogP contribution in [-0.2, 0) is 13.5 Å². The van der Waals surface area contributed by atoms with Gasteiger partial charge >= 0.3 is 0 Å². The second-order valence-corrected chi connectivity index (χ2v) is 9.78. The molecule has 140 valence electrons. The number of benzene rings is 2. The van der Waals surface area contributed by atoms with E-state index in [0.29, 0.717) is 6.42 Å². The highest BCUT2D eigenvalue weighted by Gasteiger charge is 2.27. The third-order valence-electron chi connectivity index (χ3n) is 4.64. The molecule has 0 fully saturated rings. The summed E-state index contributed by atoms with van der Waals surface area (Å²) in [5.41, 5.74) is 3.50. The largest absolute Gasteiger partial charge is 0.508 e. The normalized spacial score (nSPS) is 12.9. The van der Waals surface area contributed by atoms with Crippen molar-refractivity contribution in [2.24, 2.45) is 7.05 Å². The van der Waals surface area contributed by atoms with Gasteiger partial charge in [0.1, 0.15) is 5.75 Å². The third kappa shape index (κ3) is 4.31. The molecule has 0 radical (unpaired) electrons. The number of thioether (sulfide) groups is 1. The molecule has 0 spiro atoms. The fourth-order valence-corrected chi connectivity index (χ4v) is 4.86. The Labute approximate surface area is 165 Å². The van der Waals surface area contributed by atoms with Gasteiger partial charge in [0.25, 0.3) is 0 Å². The molecule has 1 N–H and O–H groups in total. The zero-order chi connectivity index (χ0) is 19.6. The number of hydrogen-bond acceptors (Lipinski definition) is 3. The molecule has 3 nitrogen and oxygen atoms in total. The molecule has 4 heteroatoms. The highest BCUT2D eigenvalue weighted by atomic mass is 32.2. The van der Waals surface area contributed by atoms with Gasteiger partial charge in [-0.25, -0.2) is 0 Å². The number of hydrogen-bond donors (Lipinski definition) is 1. The van der Waals surface area contributed by atoms with Gasteiger partial charge in [0.2, 0.25) is 0 Å². The van der Waals surface area contributed by atoms with Crippen LogP contribution in [0.2, 0.25) is 0 Å². The summed E-state index contributed by atoms with van der Waals surface area (Å²) in [4.78, 5) is 1.17. The number of phenolic OH excluding ortho intramolecular Hbond substituents is 1. The minimum atomic E-state index is 0.0262. The maximum absolute atomic E-state index is 10.1. The molecule has 0 amide bonds. The molecule has 1 aromatic heterocycles. The van der Waals surface area contributed by atoms with Crippen molar-refractivity contribution in [2.75, 3.05) is 0 Å². The minimum absolute atomic E-state index is 0.0262. The smallest absolute Gasteiger partial charge is 0.116 e. The lowest BCUT2D eigenvalue weighted by Gasteiger charge is -2.22. The first kappa shape index (κ1) is 19.4. The van der Waals surface area contributed by atoms with Crippen LogP contribution in [0.1, 0.15) is 44.4 Å². The summed E-state index contributed by atoms with van der Waals surface area (Å²) >= 11 is 1.81. The van der Waals surface area contributed by atoms with Crippen LogP contribution in [0.5, 0.6) is 5.75 Å². The Kier molecular flexibility index (Phi) is 5.53. The number of aryl methyl sites for hydroxylation is 1. The average molecular weight is 379 g/mol. The number of phenols is 1. The fourth-order valence-electron chi connectivity index (χ4n) is 3.57. The molecule has 0 aliphatic rings. The minimum Gasteiger partial charge on any atom is -0.508 e. The lowest BCUT2D eigenvalue weighted by atomic mass is 9.93. The van der Waals surface area contributed by atoms with Crippen LogP contribution in [0.4, 0.5) is 0 Å². The van der Waals surface area contributed by atoms with E-state index in [-0.39, 0.29) is 16.4 Å². The van der Waals surface area contributed by atoms with E-state index in [1.165, 1.54) is 16.2 Å². The Morgan fingerprint density at radius 2 is 1.85 bits per heavy atom. The van der Waals surface area contributed by atoms with Crippen LogP contribution < -0.4 is 0 Å². The molecule has 1 unspecified atom stereocenters. The highest BCUT2D eigenvalue weighted by molar-refractivity contribution is 8.00. The molecule has 0 aliphatic carbocycles. The molecular formula is C23H26N2OS. The van der Waals surface area contributed by atoms with Crippen LogP contribution in [0, 0.1) is 11.3 Å². The van der Waals surface area contributed by atoms with E-state index in [4.69, 9.17) is 0 Å². The topological polar surface area (TPSA) is 49.0 Å². The second kappa shape index (κ2) is 7.70. The van der Waals surface area contributed by atoms with Gasteiger partial charge < -0.3 is 9.67 Å². The third-order valence-corrected chi connectivity index (χ3v) is 5.88. The van der Waals surface area contributed by atoms with Crippen molar-refractivity contribution in [1.29, 1.82) is 5.26 Å². The quantitative estimate of drug-likeness (QED) is 0.553. The Bertz CT molecular complexity index is 978. The van der Waals surface area contributed by atoms with E-state index in [1.807, 2.05) is 42.1 Å². The summed E-state index contributed by atoms with van der Waals surface area (Å²) < 4.78 is 2.23. The Morgan fingerprint density at radius 3 is 2.48 bits per heavy atom. The SMILES string of the molecule is Cn1c(C(CC#N)Cc2ccccc2)c(SC(C)(C)C)c2cc(O)ccc21. The van der Waals surface area contributed by atoms with Gasteiger partial charge in [-0.3, -0.25) is 0 Å². The predicted octanol–water partition coefficient (Wildman–Crippen LogP) is 6.01. The van der Waals surface area contributed by atoms with E-state index in [2.05, 4.69) is 50.6 Å². The van der Waals surface area contributed by atoms with E-state index in [9.17, 15) is 10.4 Å². The first-order valence-corrected chi connectivity index (χ1v) is 10.0. The molecule has 1 atom stereocenters. The molecule has 2 aromatic carbocycles. The lowest BCUT2D eigenvalue weighted by molar-refractivity contribution is 0.476. The first-order valence-electron chi connectivity index (χ1n) is 9.21. The summed E-state index contributed by atoms with van der Waals surface area (Å²) in [6.45, 7) is 6.58. The van der Waals surface area contributed by atoms with Crippen molar-refractivity contribution in [3.63, 3.8) is 0 Å². The van der Waals surface area contributed by atoms with Crippen molar-refractivity contribution < 1.29 is 5.11 Å². The number of nitrogens with zero attached hydrogens (tertiary/aromatic N) is 2. The van der Waals surface area contributed by atoms with Crippen molar-refractivity contribution in [1.82, 2.24) is 4.57 Å². The van der Waals surface area contributed by atoms with Gasteiger partial charge in [-0.2, -0.15) is 5.26 Å². The number of aromatic nitrogens is 1. The lowest BCUT2D eigenvalue weighted by Crippen LogP contribution is -2.12. The van der Waals surface area contributed by atoms with Gasteiger partial charge in [-0.1, -0.05) is 51.1 Å². The zero-order valence-corrected chi connectivity index (χ0v) is 17.2. The van der Waals surface area contributed by atoms with Crippen LogP contribution >= 0.6 is 11.8 Å². The molecule has 3 aromatic rings. The number of rotatable bonds is 5. The fraction of sp³-hybridized carbons (Fsp3) is 0.348. The Hall–Kier alpha value is -2.38. The molecule has 0 aliphatic heterocycles. The Morgan fingerprint density at radius 1 is 1.15 bits per heavy atom. The zero-order valence-electron chi connectivity index (χ0n) is 16.4. The molecule has 0 saturated carbocycles. The van der Waals surface area contributed by atoms with E-state index in [0.717, 1.165) is 17.3 Å². The maximum atomic E-state index is 10.1. The van der Waals surface area contributed by atoms with Gasteiger partial charge in [-0.15, -0.1) is 11.8 Å². The summed E-state index contributed by atoms with van der Waals surface area (Å²) in [7, 11) is 2.07. The van der Waals surface area contributed by atoms with E-state index in [1.54, 1.807) is 6.07 Å². The number of nitriles is 1. The van der Waals surface area contributed by atoms with Crippen molar-refractivity contribution in [2.45, 2.75) is 49.2 Å². The second-order valence-electron chi connectivity index (χ2n) is 7.94. The van der Waals surface area contributed by atoms with Gasteiger partial charge in [0.15, 0.2) is 0 Å². The van der Waals surface area contributed by atoms with Crippen LogP contribution in [0.15, 0.2) is 53.4 Å². The van der Waals surface area contributed by atoms with Crippen molar-refractivity contribution in [3.8, 4) is 11.8 Å². The summed E-state index contributed by atoms with van der Waals surface area (Å²) in [6.07, 6.45) is 1.28. The summed E-state index contributed by atoms with van der Waals surface area (Å²) in [6, 6.07) is 18.3. The molecular weight excluding hydrogens is 352 g/mol. The number of fused-ring (bicyclic) bond motifs is 1. The molecule has 27 heavy (non-hydrogen) atoms. The van der Waals surface area contributed by atoms with E-state index >= 15 is 0 Å². The molecule has 3 rings (SSSR count). The van der Waals surface area contributed by atoms with Gasteiger partial charge in [0.05, 0.1) is 6.07 Å². The molecule has 0 bridgehead atoms. The summed E-state index contributed by atoms with van der Waals surface area (Å²) in [5.74, 6) is 0.372. The maximum Gasteiger partial charge on any atom is 0.116 e. The van der Waals surface area contributed by atoms with E-state index < -0.39 is 0 Å². The van der Waals surface area contributed by atoms with Crippen LogP contribution in [-0.4, -0.2) is 14.4 Å². The van der Waals surface area contributed by atoms with Gasteiger partial charge in [-0.05, 0) is 30.2 Å². The van der Waals surface area contributed by atoms with Crippen LogP contribution in [0.3, 0.4) is 0 Å². The number of aromatic hydroxyl groups is 1. The van der Waals surface area contributed by atoms with Gasteiger partial charge in [0, 0.05) is 45.6 Å². The first-order chi connectivity index (χ1) is 12.8. The Balaban J connectivity index is 2.18. The molecule has 0 saturated heterocycles. The van der Waals surface area contributed by atoms with Crippen molar-refractivity contribution >= 4 is 22.7 Å². The molecule has 1 heterocycles. The predicted molar refractivity (Wildman–Crippen MR) is 113 cm³/mol. The van der Waals surface area contributed by atoms with Crippen LogP contribution in [0.25, 0.3) is 10.9 Å².